The molecule has 2 N–H and O–H groups in total. The maximum atomic E-state index is 12.8. The first kappa shape index (κ1) is 27.8. The van der Waals surface area contributed by atoms with E-state index in [-0.39, 0.29) is 25.7 Å². The van der Waals surface area contributed by atoms with Gasteiger partial charge in [-0.15, -0.1) is 0 Å². The largest absolute Gasteiger partial charge is 0.450 e. The van der Waals surface area contributed by atoms with Gasteiger partial charge in [0.15, 0.2) is 4.32 Å². The number of non-ortho nitro benzene ring substituents is 1. The molecule has 3 aromatic rings. The monoisotopic (exact) mass is 605 g/mol. The van der Waals surface area contributed by atoms with E-state index < -0.39 is 33.2 Å². The Morgan fingerprint density at radius 2 is 1.72 bits per heavy atom. The molecule has 0 unspecified atom stereocenters. The minimum Gasteiger partial charge on any atom is -0.450 e. The first-order valence-electron chi connectivity index (χ1n) is 10.5. The molecule has 198 valence electrons. The maximum Gasteiger partial charge on any atom is 0.338 e. The van der Waals surface area contributed by atoms with Crippen molar-refractivity contribution in [1.82, 2.24) is 10.4 Å². The van der Waals surface area contributed by atoms with E-state index in [1.807, 2.05) is 0 Å². The number of thioether (sulfide) groups is 1. The first-order valence-corrected chi connectivity index (χ1v) is 12.5. The van der Waals surface area contributed by atoms with E-state index in [2.05, 4.69) is 10.7 Å². The lowest BCUT2D eigenvalue weighted by Crippen LogP contribution is -2.46. The van der Waals surface area contributed by atoms with Crippen LogP contribution in [0.5, 0.6) is 11.5 Å². The number of halogens is 2. The van der Waals surface area contributed by atoms with Crippen molar-refractivity contribution >= 4 is 86.6 Å². The van der Waals surface area contributed by atoms with Gasteiger partial charge in [-0.05, 0) is 60.3 Å². The third-order valence-corrected chi connectivity index (χ3v) is 6.98. The summed E-state index contributed by atoms with van der Waals surface area (Å²) in [6, 6.07) is 13.0. The molecular weight excluding hydrogens is 593 g/mol. The fourth-order valence-electron chi connectivity index (χ4n) is 3.16. The molecule has 0 aliphatic carbocycles. The molecule has 3 amide bonds. The first-order chi connectivity index (χ1) is 18.5. The zero-order valence-corrected chi connectivity index (χ0v) is 22.3. The van der Waals surface area contributed by atoms with Crippen LogP contribution in [-0.4, -0.2) is 31.1 Å². The van der Waals surface area contributed by atoms with Crippen molar-refractivity contribution < 1.29 is 24.2 Å². The van der Waals surface area contributed by atoms with Crippen LogP contribution >= 0.6 is 47.2 Å². The predicted octanol–water partition coefficient (Wildman–Crippen LogP) is 6.54. The molecule has 4 rings (SSSR count). The van der Waals surface area contributed by atoms with Crippen LogP contribution in [0.4, 0.5) is 21.9 Å². The number of nitrogens with zero attached hydrogens (tertiary/aromatic N) is 3. The number of anilines is 1. The fourth-order valence-corrected chi connectivity index (χ4v) is 4.63. The summed E-state index contributed by atoms with van der Waals surface area (Å²) in [6.45, 7) is 0. The third kappa shape index (κ3) is 6.61. The summed E-state index contributed by atoms with van der Waals surface area (Å²) < 4.78 is 5.63. The molecule has 1 aliphatic heterocycles. The number of hydrogen-bond acceptors (Lipinski definition) is 9. The van der Waals surface area contributed by atoms with Gasteiger partial charge in [-0.1, -0.05) is 47.1 Å². The van der Waals surface area contributed by atoms with E-state index in [0.717, 1.165) is 35.0 Å². The Bertz CT molecular complexity index is 1570. The Hall–Kier alpha value is -4.24. The molecule has 0 radical (unpaired) electrons. The zero-order chi connectivity index (χ0) is 28.3. The number of hydrazine groups is 1. The van der Waals surface area contributed by atoms with E-state index in [0.29, 0.717) is 16.3 Å². The van der Waals surface area contributed by atoms with Crippen LogP contribution < -0.4 is 15.5 Å². The van der Waals surface area contributed by atoms with Crippen LogP contribution in [0.1, 0.15) is 5.56 Å². The average Bonchev–Trinajstić information content (AvgIpc) is 3.14. The molecule has 0 aromatic heterocycles. The predicted molar refractivity (Wildman–Crippen MR) is 150 cm³/mol. The number of ether oxygens (including phenoxy) is 1. The van der Waals surface area contributed by atoms with Gasteiger partial charge < -0.3 is 10.1 Å². The number of nitro groups is 2. The molecule has 3 aromatic carbocycles. The quantitative estimate of drug-likeness (QED) is 0.132. The lowest BCUT2D eigenvalue weighted by atomic mass is 10.2. The minimum absolute atomic E-state index is 0.0981. The highest BCUT2D eigenvalue weighted by atomic mass is 35.5. The number of nitro benzene ring substituents is 2. The van der Waals surface area contributed by atoms with Crippen molar-refractivity contribution in [1.29, 1.82) is 0 Å². The highest BCUT2D eigenvalue weighted by Gasteiger charge is 2.33. The average molecular weight is 606 g/mol. The van der Waals surface area contributed by atoms with Crippen molar-refractivity contribution in [2.75, 3.05) is 5.32 Å². The van der Waals surface area contributed by atoms with Crippen LogP contribution in [0.3, 0.4) is 0 Å². The highest BCUT2D eigenvalue weighted by molar-refractivity contribution is 8.26. The minimum atomic E-state index is -0.780. The molecule has 1 fully saturated rings. The molecule has 16 heteroatoms. The number of hydrogen-bond donors (Lipinski definition) is 2. The van der Waals surface area contributed by atoms with E-state index in [1.165, 1.54) is 36.4 Å². The zero-order valence-electron chi connectivity index (χ0n) is 19.1. The summed E-state index contributed by atoms with van der Waals surface area (Å²) in [5.74, 6) is -0.516. The maximum absolute atomic E-state index is 12.8. The molecule has 1 heterocycles. The van der Waals surface area contributed by atoms with Crippen molar-refractivity contribution in [2.24, 2.45) is 0 Å². The van der Waals surface area contributed by atoms with Crippen molar-refractivity contribution in [2.45, 2.75) is 0 Å². The summed E-state index contributed by atoms with van der Waals surface area (Å²) in [5, 5.41) is 26.2. The molecule has 1 aliphatic rings. The summed E-state index contributed by atoms with van der Waals surface area (Å²) in [5.41, 5.74) is 2.29. The second kappa shape index (κ2) is 11.7. The van der Waals surface area contributed by atoms with Crippen molar-refractivity contribution in [3.63, 3.8) is 0 Å². The van der Waals surface area contributed by atoms with Gasteiger partial charge in [0.2, 0.25) is 5.75 Å². The Morgan fingerprint density at radius 1 is 1.00 bits per heavy atom. The number of amides is 3. The highest BCUT2D eigenvalue weighted by Crippen LogP contribution is 2.35. The van der Waals surface area contributed by atoms with Gasteiger partial charge in [0, 0.05) is 11.8 Å². The van der Waals surface area contributed by atoms with Gasteiger partial charge in [0.1, 0.15) is 5.75 Å². The topological polar surface area (TPSA) is 157 Å². The van der Waals surface area contributed by atoms with Gasteiger partial charge in [-0.25, -0.2) is 10.2 Å². The Labute approximate surface area is 238 Å². The fraction of sp³-hybridized carbons (Fsp3) is 0. The van der Waals surface area contributed by atoms with E-state index in [9.17, 15) is 29.8 Å². The van der Waals surface area contributed by atoms with Gasteiger partial charge in [0.25, 0.3) is 11.6 Å². The summed E-state index contributed by atoms with van der Waals surface area (Å²) >= 11 is 18.0. The number of nitrogens with one attached hydrogen (secondary N) is 2. The van der Waals surface area contributed by atoms with Crippen LogP contribution in [-0.2, 0) is 4.79 Å². The second-order valence-corrected chi connectivity index (χ2v) is 10.0. The molecule has 0 spiro atoms. The molecule has 39 heavy (non-hydrogen) atoms. The summed E-state index contributed by atoms with van der Waals surface area (Å²) in [4.78, 5) is 46.1. The number of thiocarbonyl (C=S) groups is 1. The summed E-state index contributed by atoms with van der Waals surface area (Å²) in [7, 11) is 0. The standard InChI is InChI=1S/C23H13Cl2N5O7S2/c24-16-7-3-13(10-17(16)25)26-22(32)27-28-21(31)20(39-23(28)38)9-12-1-5-15(6-2-12)37-19-8-4-14(29(33)34)11-18(19)30(35)36/h1-11H,(H2,26,27,32)/b20-9+. The smallest absolute Gasteiger partial charge is 0.338 e. The Balaban J connectivity index is 1.43. The van der Waals surface area contributed by atoms with Crippen LogP contribution in [0, 0.1) is 20.2 Å². The summed E-state index contributed by atoms with van der Waals surface area (Å²) in [6.07, 6.45) is 1.54. The van der Waals surface area contributed by atoms with Crippen LogP contribution in [0.15, 0.2) is 65.6 Å². The molecule has 0 saturated carbocycles. The molecule has 0 bridgehead atoms. The number of carbonyl (C=O) groups is 2. The second-order valence-electron chi connectivity index (χ2n) is 7.55. The molecule has 0 atom stereocenters. The van der Waals surface area contributed by atoms with Crippen LogP contribution in [0.25, 0.3) is 6.08 Å². The van der Waals surface area contributed by atoms with Crippen molar-refractivity contribution in [3.05, 3.63) is 101 Å². The lowest BCUT2D eigenvalue weighted by Gasteiger charge is -2.16. The van der Waals surface area contributed by atoms with E-state index >= 15 is 0 Å². The molecular formula is C23H13Cl2N5O7S2. The van der Waals surface area contributed by atoms with E-state index in [1.54, 1.807) is 12.1 Å². The Morgan fingerprint density at radius 3 is 2.36 bits per heavy atom. The number of rotatable bonds is 7. The lowest BCUT2D eigenvalue weighted by molar-refractivity contribution is -0.394. The van der Waals surface area contributed by atoms with Gasteiger partial charge in [-0.3, -0.25) is 25.0 Å². The van der Waals surface area contributed by atoms with Crippen molar-refractivity contribution in [3.8, 4) is 11.5 Å². The SMILES string of the molecule is O=C(Nc1ccc(Cl)c(Cl)c1)NN1C(=O)/C(=C\c2ccc(Oc3ccc([N+](=O)[O-])cc3[N+](=O)[O-])cc2)SC1=S. The molecule has 12 nitrogen and oxygen atoms in total. The number of benzene rings is 3. The molecule has 1 saturated heterocycles. The number of carbonyl (C=O) groups excluding carboxylic acids is 2. The normalized spacial score (nSPS) is 13.9. The Kier molecular flexibility index (Phi) is 8.30. The van der Waals surface area contributed by atoms with Crippen LogP contribution in [0.2, 0.25) is 10.0 Å². The van der Waals surface area contributed by atoms with Gasteiger partial charge in [0.05, 0.1) is 30.9 Å². The van der Waals surface area contributed by atoms with E-state index in [4.69, 9.17) is 40.2 Å². The van der Waals surface area contributed by atoms with Gasteiger partial charge >= 0.3 is 11.7 Å². The third-order valence-electron chi connectivity index (χ3n) is 4.94. The number of urea groups is 1. The van der Waals surface area contributed by atoms with Gasteiger partial charge in [-0.2, -0.15) is 5.01 Å².